The van der Waals surface area contributed by atoms with E-state index in [9.17, 15) is 14.4 Å². The van der Waals surface area contributed by atoms with Gasteiger partial charge in [0, 0.05) is 30.6 Å². The van der Waals surface area contributed by atoms with Gasteiger partial charge in [-0.25, -0.2) is 9.78 Å². The third-order valence-corrected chi connectivity index (χ3v) is 7.59. The normalized spacial score (nSPS) is 13.6. The third-order valence-electron chi connectivity index (χ3n) is 7.59. The molecule has 5 rings (SSSR count). The Labute approximate surface area is 244 Å². The topological polar surface area (TPSA) is 123 Å². The van der Waals surface area contributed by atoms with E-state index in [0.29, 0.717) is 56.4 Å². The molecule has 0 unspecified atom stereocenters. The number of nitrogens with one attached hydrogen (secondary N) is 1. The Morgan fingerprint density at radius 2 is 1.74 bits per heavy atom. The van der Waals surface area contributed by atoms with Gasteiger partial charge in [-0.3, -0.25) is 23.7 Å². The van der Waals surface area contributed by atoms with Gasteiger partial charge in [0.2, 0.25) is 5.91 Å². The number of benzene rings is 2. The highest BCUT2D eigenvalue weighted by molar-refractivity contribution is 5.80. The summed E-state index contributed by atoms with van der Waals surface area (Å²) in [6, 6.07) is 15.6. The van der Waals surface area contributed by atoms with Gasteiger partial charge in [-0.15, -0.1) is 0 Å². The fraction of sp³-hybridized carbons (Fsp3) is 0.406. The quantitative estimate of drug-likeness (QED) is 0.303. The van der Waals surface area contributed by atoms with Crippen molar-refractivity contribution in [3.8, 4) is 22.5 Å². The molecule has 220 valence electrons. The molecule has 0 aliphatic carbocycles. The van der Waals surface area contributed by atoms with Crippen LogP contribution in [0.3, 0.4) is 0 Å². The monoisotopic (exact) mass is 571 g/mol. The van der Waals surface area contributed by atoms with Crippen molar-refractivity contribution in [3.05, 3.63) is 92.1 Å². The summed E-state index contributed by atoms with van der Waals surface area (Å²) in [6.45, 7) is 8.60. The van der Waals surface area contributed by atoms with Crippen molar-refractivity contribution in [2.75, 3.05) is 26.3 Å². The molecule has 10 nitrogen and oxygen atoms in total. The Kier molecular flexibility index (Phi) is 9.12. The van der Waals surface area contributed by atoms with E-state index in [1.54, 1.807) is 9.47 Å². The van der Waals surface area contributed by atoms with Crippen molar-refractivity contribution in [3.63, 3.8) is 0 Å². The number of morpholine rings is 1. The maximum absolute atomic E-state index is 14.1. The number of carbonyl (C=O) groups excluding carboxylic acids is 1. The van der Waals surface area contributed by atoms with Crippen LogP contribution in [0.1, 0.15) is 62.2 Å². The van der Waals surface area contributed by atoms with E-state index < -0.39 is 5.76 Å². The zero-order valence-corrected chi connectivity index (χ0v) is 24.4. The van der Waals surface area contributed by atoms with Crippen molar-refractivity contribution < 1.29 is 14.1 Å². The number of carbonyl (C=O) groups is 1. The Morgan fingerprint density at radius 1 is 1.02 bits per heavy atom. The molecule has 1 N–H and O–H groups in total. The molecule has 3 heterocycles. The minimum atomic E-state index is -0.609. The molecular weight excluding hydrogens is 534 g/mol. The average molecular weight is 572 g/mol. The lowest BCUT2D eigenvalue weighted by molar-refractivity contribution is -0.134. The van der Waals surface area contributed by atoms with Gasteiger partial charge in [0.25, 0.3) is 5.56 Å². The van der Waals surface area contributed by atoms with Gasteiger partial charge in [0.15, 0.2) is 5.82 Å². The summed E-state index contributed by atoms with van der Waals surface area (Å²) in [6.07, 6.45) is 2.61. The maximum Gasteiger partial charge on any atom is 0.439 e. The number of aromatic nitrogens is 4. The number of hydrogen-bond acceptors (Lipinski definition) is 7. The second-order valence-corrected chi connectivity index (χ2v) is 10.9. The highest BCUT2D eigenvalue weighted by atomic mass is 16.5. The number of aromatic amines is 1. The number of aryl methyl sites for hydroxylation is 1. The standard InChI is InChI=1S/C32H37N5O5/c1-4-5-10-27-33-29(21(2)3)26(19-28(38)36-15-17-41-18-16-36)31(39)37(27)20-22-11-13-23(14-12-22)24-8-6-7-9-25(24)30-34-32(40)42-35-30/h6-9,11-14,21H,4-5,10,15-20H2,1-3H3,(H,34,35,40). The number of H-pyrrole nitrogens is 1. The lowest BCUT2D eigenvalue weighted by Crippen LogP contribution is -2.43. The number of rotatable bonds is 10. The number of unbranched alkanes of at least 4 members (excludes halogenated alkanes) is 1. The summed E-state index contributed by atoms with van der Waals surface area (Å²) in [5.74, 6) is 0.449. The number of nitrogens with zero attached hydrogens (tertiary/aromatic N) is 4. The molecule has 1 aliphatic rings. The molecule has 0 radical (unpaired) electrons. The van der Waals surface area contributed by atoms with Gasteiger partial charge in [-0.05, 0) is 29.0 Å². The molecule has 1 fully saturated rings. The predicted molar refractivity (Wildman–Crippen MR) is 159 cm³/mol. The summed E-state index contributed by atoms with van der Waals surface area (Å²) in [5, 5.41) is 3.85. The minimum Gasteiger partial charge on any atom is -0.378 e. The maximum atomic E-state index is 14.1. The predicted octanol–water partition coefficient (Wildman–Crippen LogP) is 4.17. The first-order valence-electron chi connectivity index (χ1n) is 14.6. The van der Waals surface area contributed by atoms with Crippen LogP contribution in [0.2, 0.25) is 0 Å². The fourth-order valence-electron chi connectivity index (χ4n) is 5.32. The van der Waals surface area contributed by atoms with Gasteiger partial charge in [0.05, 0.1) is 31.9 Å². The van der Waals surface area contributed by atoms with Crippen LogP contribution in [-0.4, -0.2) is 56.8 Å². The number of hydrogen-bond donors (Lipinski definition) is 1. The zero-order valence-electron chi connectivity index (χ0n) is 24.4. The van der Waals surface area contributed by atoms with Crippen molar-refractivity contribution in [2.45, 2.75) is 58.9 Å². The molecule has 1 aliphatic heterocycles. The van der Waals surface area contributed by atoms with Gasteiger partial charge < -0.3 is 9.64 Å². The zero-order chi connectivity index (χ0) is 29.6. The van der Waals surface area contributed by atoms with E-state index in [1.807, 2.05) is 62.4 Å². The summed E-state index contributed by atoms with van der Waals surface area (Å²) < 4.78 is 11.8. The van der Waals surface area contributed by atoms with E-state index >= 15 is 0 Å². The fourth-order valence-corrected chi connectivity index (χ4v) is 5.32. The van der Waals surface area contributed by atoms with Crippen LogP contribution in [0.4, 0.5) is 0 Å². The van der Waals surface area contributed by atoms with E-state index in [1.165, 1.54) is 0 Å². The average Bonchev–Trinajstić information content (AvgIpc) is 3.45. The van der Waals surface area contributed by atoms with Crippen LogP contribution < -0.4 is 11.3 Å². The van der Waals surface area contributed by atoms with Gasteiger partial charge in [-0.2, -0.15) is 0 Å². The second-order valence-electron chi connectivity index (χ2n) is 10.9. The van der Waals surface area contributed by atoms with E-state index in [0.717, 1.165) is 40.9 Å². The van der Waals surface area contributed by atoms with Gasteiger partial charge in [-0.1, -0.05) is 80.9 Å². The van der Waals surface area contributed by atoms with Crippen molar-refractivity contribution in [2.24, 2.45) is 0 Å². The molecule has 1 saturated heterocycles. The lowest BCUT2D eigenvalue weighted by atomic mass is 9.98. The smallest absolute Gasteiger partial charge is 0.378 e. The first kappa shape index (κ1) is 29.2. The van der Waals surface area contributed by atoms with E-state index in [4.69, 9.17) is 14.2 Å². The molecule has 2 aromatic carbocycles. The van der Waals surface area contributed by atoms with Crippen molar-refractivity contribution in [1.82, 2.24) is 24.6 Å². The summed E-state index contributed by atoms with van der Waals surface area (Å²) in [4.78, 5) is 48.2. The number of amides is 1. The minimum absolute atomic E-state index is 0.0132. The Hall–Kier alpha value is -4.31. The Balaban J connectivity index is 1.48. The summed E-state index contributed by atoms with van der Waals surface area (Å²) in [7, 11) is 0. The molecule has 0 atom stereocenters. The molecule has 0 saturated carbocycles. The van der Waals surface area contributed by atoms with Crippen LogP contribution in [0.25, 0.3) is 22.5 Å². The highest BCUT2D eigenvalue weighted by Crippen LogP contribution is 2.30. The molecular formula is C32H37N5O5. The van der Waals surface area contributed by atoms with Crippen LogP contribution in [0.15, 0.2) is 62.6 Å². The van der Waals surface area contributed by atoms with Gasteiger partial charge >= 0.3 is 5.76 Å². The van der Waals surface area contributed by atoms with Crippen LogP contribution in [-0.2, 0) is 28.9 Å². The highest BCUT2D eigenvalue weighted by Gasteiger charge is 2.24. The first-order valence-corrected chi connectivity index (χ1v) is 14.6. The first-order chi connectivity index (χ1) is 20.4. The molecule has 2 aromatic heterocycles. The molecule has 1 amide bonds. The molecule has 0 bridgehead atoms. The largest absolute Gasteiger partial charge is 0.439 e. The second kappa shape index (κ2) is 13.1. The van der Waals surface area contributed by atoms with Crippen molar-refractivity contribution in [1.29, 1.82) is 0 Å². The van der Waals surface area contributed by atoms with Crippen LogP contribution in [0, 0.1) is 0 Å². The summed E-state index contributed by atoms with van der Waals surface area (Å²) in [5.41, 5.74) is 4.55. The summed E-state index contributed by atoms with van der Waals surface area (Å²) >= 11 is 0. The Bertz CT molecular complexity index is 1650. The Morgan fingerprint density at radius 3 is 2.38 bits per heavy atom. The molecule has 10 heteroatoms. The van der Waals surface area contributed by atoms with Crippen LogP contribution in [0.5, 0.6) is 0 Å². The number of ether oxygens (including phenoxy) is 1. The third kappa shape index (κ3) is 6.44. The van der Waals surface area contributed by atoms with E-state index in [2.05, 4.69) is 17.1 Å². The van der Waals surface area contributed by atoms with E-state index in [-0.39, 0.29) is 23.8 Å². The SMILES string of the molecule is CCCCc1nc(C(C)C)c(CC(=O)N2CCOCC2)c(=O)n1Cc1ccc(-c2ccccc2-c2noc(=O)[nH]2)cc1. The molecule has 0 spiro atoms. The van der Waals surface area contributed by atoms with Crippen LogP contribution >= 0.6 is 0 Å². The lowest BCUT2D eigenvalue weighted by Gasteiger charge is -2.27. The molecule has 4 aromatic rings. The van der Waals surface area contributed by atoms with Crippen molar-refractivity contribution >= 4 is 5.91 Å². The molecule has 42 heavy (non-hydrogen) atoms. The van der Waals surface area contributed by atoms with Gasteiger partial charge in [0.1, 0.15) is 5.82 Å².